The Morgan fingerprint density at radius 2 is 1.79 bits per heavy atom. The van der Waals surface area contributed by atoms with E-state index < -0.39 is 10.0 Å². The number of thiophene rings is 1. The van der Waals surface area contributed by atoms with Crippen molar-refractivity contribution in [1.29, 1.82) is 0 Å². The molecule has 4 aromatic rings. The summed E-state index contributed by atoms with van der Waals surface area (Å²) >= 11 is 1.66. The van der Waals surface area contributed by atoms with E-state index in [0.717, 1.165) is 28.2 Å². The summed E-state index contributed by atoms with van der Waals surface area (Å²) in [6, 6.07) is 10.1. The van der Waals surface area contributed by atoms with Crippen molar-refractivity contribution < 1.29 is 17.7 Å². The van der Waals surface area contributed by atoms with Crippen LogP contribution in [-0.2, 0) is 10.0 Å². The van der Waals surface area contributed by atoms with Gasteiger partial charge in [-0.2, -0.15) is 4.31 Å². The Hall–Kier alpha value is -3.08. The van der Waals surface area contributed by atoms with Crippen molar-refractivity contribution in [2.24, 2.45) is 0 Å². The van der Waals surface area contributed by atoms with Gasteiger partial charge in [-0.3, -0.25) is 4.79 Å². The summed E-state index contributed by atoms with van der Waals surface area (Å²) < 4.78 is 32.4. The number of aromatic nitrogens is 2. The third kappa shape index (κ3) is 4.02. The number of benzene rings is 1. The molecule has 1 aliphatic rings. The van der Waals surface area contributed by atoms with Crippen molar-refractivity contribution in [3.63, 3.8) is 0 Å². The molecule has 1 N–H and O–H groups in total. The minimum absolute atomic E-state index is 0.221. The van der Waals surface area contributed by atoms with Crippen LogP contribution in [0.4, 0.5) is 5.69 Å². The summed E-state index contributed by atoms with van der Waals surface area (Å²) in [5.74, 6) is -0.347. The van der Waals surface area contributed by atoms with E-state index in [1.54, 1.807) is 36.5 Å². The van der Waals surface area contributed by atoms with Crippen LogP contribution in [0.3, 0.4) is 0 Å². The van der Waals surface area contributed by atoms with Gasteiger partial charge < -0.3 is 9.84 Å². The Morgan fingerprint density at radius 1 is 1.09 bits per heavy atom. The molecule has 0 radical (unpaired) electrons. The first kappa shape index (κ1) is 22.7. The molecule has 34 heavy (non-hydrogen) atoms. The fourth-order valence-electron chi connectivity index (χ4n) is 4.28. The molecule has 1 aromatic carbocycles. The molecule has 8 nitrogen and oxygen atoms in total. The number of nitrogens with one attached hydrogen (secondary N) is 1. The van der Waals surface area contributed by atoms with E-state index in [4.69, 9.17) is 4.52 Å². The number of sulfonamides is 1. The number of rotatable bonds is 5. The van der Waals surface area contributed by atoms with Crippen LogP contribution < -0.4 is 5.32 Å². The number of fused-ring (bicyclic) bond motifs is 1. The normalized spacial score (nSPS) is 14.7. The van der Waals surface area contributed by atoms with E-state index in [-0.39, 0.29) is 10.8 Å². The second-order valence-electron chi connectivity index (χ2n) is 8.42. The highest BCUT2D eigenvalue weighted by molar-refractivity contribution is 7.89. The van der Waals surface area contributed by atoms with Gasteiger partial charge in [0.25, 0.3) is 11.6 Å². The zero-order valence-corrected chi connectivity index (χ0v) is 20.7. The lowest BCUT2D eigenvalue weighted by atomic mass is 10.1. The predicted octanol–water partition coefficient (Wildman–Crippen LogP) is 4.91. The van der Waals surface area contributed by atoms with Crippen LogP contribution in [0.25, 0.3) is 22.4 Å². The van der Waals surface area contributed by atoms with Crippen molar-refractivity contribution in [3.05, 3.63) is 57.4 Å². The van der Waals surface area contributed by atoms with E-state index in [1.807, 2.05) is 19.9 Å². The molecule has 1 saturated heterocycles. The van der Waals surface area contributed by atoms with Gasteiger partial charge in [0.1, 0.15) is 0 Å². The maximum absolute atomic E-state index is 13.3. The van der Waals surface area contributed by atoms with Gasteiger partial charge in [0.05, 0.1) is 27.2 Å². The van der Waals surface area contributed by atoms with Crippen LogP contribution in [0.2, 0.25) is 0 Å². The number of anilines is 1. The van der Waals surface area contributed by atoms with E-state index in [9.17, 15) is 13.2 Å². The average Bonchev–Trinajstić information content (AvgIpc) is 3.55. The smallest absolute Gasteiger partial charge is 0.259 e. The number of nitrogens with zero attached hydrogens (tertiary/aromatic N) is 3. The van der Waals surface area contributed by atoms with Crippen molar-refractivity contribution in [1.82, 2.24) is 14.4 Å². The van der Waals surface area contributed by atoms with Gasteiger partial charge in [-0.15, -0.1) is 11.3 Å². The quantitative estimate of drug-likeness (QED) is 0.421. The Morgan fingerprint density at radius 3 is 2.44 bits per heavy atom. The summed E-state index contributed by atoms with van der Waals surface area (Å²) in [5.41, 5.74) is 3.36. The first-order valence-electron chi connectivity index (χ1n) is 11.0. The highest BCUT2D eigenvalue weighted by Crippen LogP contribution is 2.33. The Labute approximate surface area is 201 Å². The average molecular weight is 497 g/mol. The molecule has 0 aliphatic carbocycles. The van der Waals surface area contributed by atoms with Gasteiger partial charge in [0.2, 0.25) is 10.0 Å². The topological polar surface area (TPSA) is 105 Å². The van der Waals surface area contributed by atoms with Gasteiger partial charge in [-0.25, -0.2) is 13.4 Å². The van der Waals surface area contributed by atoms with Crippen LogP contribution in [0, 0.1) is 20.8 Å². The molecule has 10 heteroatoms. The molecular formula is C24H24N4O4S2. The maximum Gasteiger partial charge on any atom is 0.259 e. The molecule has 1 fully saturated rings. The standard InChI is InChI=1S/C24H24N4O4S2/c1-14-12-19(16(3)33-14)21-13-20(22-15(2)27-32-24(22)26-21)23(29)25-17-6-8-18(9-7-17)34(30,31)28-10-4-5-11-28/h6-9,12-13H,4-5,10-11H2,1-3H3,(H,25,29). The van der Waals surface area contributed by atoms with E-state index in [2.05, 4.69) is 15.5 Å². The minimum atomic E-state index is -3.51. The number of carbonyl (C=O) groups is 1. The summed E-state index contributed by atoms with van der Waals surface area (Å²) in [4.78, 5) is 20.4. The van der Waals surface area contributed by atoms with Gasteiger partial charge >= 0.3 is 0 Å². The zero-order valence-electron chi connectivity index (χ0n) is 19.1. The molecule has 0 spiro atoms. The van der Waals surface area contributed by atoms with E-state index >= 15 is 0 Å². The number of amides is 1. The van der Waals surface area contributed by atoms with Gasteiger partial charge in [0.15, 0.2) is 0 Å². The molecule has 5 rings (SSSR count). The second-order valence-corrected chi connectivity index (χ2v) is 11.8. The molecule has 176 valence electrons. The number of pyridine rings is 1. The fourth-order valence-corrected chi connectivity index (χ4v) is 6.73. The van der Waals surface area contributed by atoms with Crippen LogP contribution in [0.15, 0.2) is 45.8 Å². The monoisotopic (exact) mass is 496 g/mol. The molecule has 0 saturated carbocycles. The van der Waals surface area contributed by atoms with Crippen LogP contribution in [0.1, 0.15) is 38.6 Å². The highest BCUT2D eigenvalue weighted by atomic mass is 32.2. The molecule has 0 unspecified atom stereocenters. The molecule has 1 aliphatic heterocycles. The van der Waals surface area contributed by atoms with E-state index in [0.29, 0.717) is 46.8 Å². The molecule has 4 heterocycles. The molecule has 0 atom stereocenters. The number of carbonyl (C=O) groups excluding carboxylic acids is 1. The van der Waals surface area contributed by atoms with Gasteiger partial charge in [-0.1, -0.05) is 5.16 Å². The number of hydrogen-bond donors (Lipinski definition) is 1. The minimum Gasteiger partial charge on any atom is -0.335 e. The maximum atomic E-state index is 13.3. The Bertz CT molecular complexity index is 1500. The molecular weight excluding hydrogens is 472 g/mol. The second kappa shape index (κ2) is 8.61. The number of hydrogen-bond acceptors (Lipinski definition) is 7. The summed E-state index contributed by atoms with van der Waals surface area (Å²) in [7, 11) is -3.51. The van der Waals surface area contributed by atoms with Crippen LogP contribution in [0.5, 0.6) is 0 Å². The molecule has 0 bridgehead atoms. The Kier molecular flexibility index (Phi) is 5.75. The third-order valence-electron chi connectivity index (χ3n) is 5.99. The van der Waals surface area contributed by atoms with Crippen molar-refractivity contribution in [2.45, 2.75) is 38.5 Å². The van der Waals surface area contributed by atoms with Crippen LogP contribution >= 0.6 is 11.3 Å². The Balaban J connectivity index is 1.46. The summed E-state index contributed by atoms with van der Waals surface area (Å²) in [6.45, 7) is 6.90. The first-order chi connectivity index (χ1) is 16.2. The van der Waals surface area contributed by atoms with Crippen molar-refractivity contribution in [3.8, 4) is 11.3 Å². The summed E-state index contributed by atoms with van der Waals surface area (Å²) in [5, 5.41) is 7.43. The lowest BCUT2D eigenvalue weighted by Gasteiger charge is -2.15. The molecule has 3 aromatic heterocycles. The van der Waals surface area contributed by atoms with Gasteiger partial charge in [-0.05, 0) is 70.0 Å². The third-order valence-corrected chi connectivity index (χ3v) is 8.87. The lowest BCUT2D eigenvalue weighted by Crippen LogP contribution is -2.27. The largest absolute Gasteiger partial charge is 0.335 e. The SMILES string of the molecule is Cc1cc(-c2cc(C(=O)Nc3ccc(S(=O)(=O)N4CCCC4)cc3)c3c(C)noc3n2)c(C)s1. The lowest BCUT2D eigenvalue weighted by molar-refractivity contribution is 0.102. The number of aryl methyl sites for hydroxylation is 3. The molecule has 1 amide bonds. The van der Waals surface area contributed by atoms with E-state index in [1.165, 1.54) is 16.4 Å². The van der Waals surface area contributed by atoms with Crippen LogP contribution in [-0.4, -0.2) is 41.9 Å². The van der Waals surface area contributed by atoms with Gasteiger partial charge in [0, 0.05) is 34.1 Å². The highest BCUT2D eigenvalue weighted by Gasteiger charge is 2.27. The zero-order chi connectivity index (χ0) is 24.0. The van der Waals surface area contributed by atoms with Crippen molar-refractivity contribution in [2.75, 3.05) is 18.4 Å². The first-order valence-corrected chi connectivity index (χ1v) is 13.3. The summed E-state index contributed by atoms with van der Waals surface area (Å²) in [6.07, 6.45) is 1.76. The van der Waals surface area contributed by atoms with Crippen molar-refractivity contribution >= 4 is 44.1 Å². The predicted molar refractivity (Wildman–Crippen MR) is 132 cm³/mol. The fraction of sp³-hybridized carbons (Fsp3) is 0.292.